The number of hydrogen-bond donors (Lipinski definition) is 0. The van der Waals surface area contributed by atoms with E-state index in [0.29, 0.717) is 0 Å². The fourth-order valence-electron chi connectivity index (χ4n) is 3.04. The normalized spacial score (nSPS) is 17.8. The van der Waals surface area contributed by atoms with Crippen molar-refractivity contribution in [3.8, 4) is 23.0 Å². The molecule has 1 aliphatic heterocycles. The summed E-state index contributed by atoms with van der Waals surface area (Å²) in [5.41, 5.74) is 3.03. The quantitative estimate of drug-likeness (QED) is 0.571. The Bertz CT molecular complexity index is 671. The van der Waals surface area contributed by atoms with E-state index in [4.69, 9.17) is 9.47 Å². The minimum atomic E-state index is 0.241. The number of hydrogen-bond acceptors (Lipinski definition) is 2. The highest BCUT2D eigenvalue weighted by molar-refractivity contribution is 5.58. The van der Waals surface area contributed by atoms with Gasteiger partial charge in [-0.15, -0.1) is 0 Å². The standard InChI is InChI=1S/C17H16O2/c1-17(2)8-7-11-9-15-16(10-12(11)17)19-14-6-4-3-5-13(14)18-15/h3-6,9-10H,7-8H2,1-2H3. The average Bonchev–Trinajstić information content (AvgIpc) is 2.69. The Hall–Kier alpha value is -1.96. The van der Waals surface area contributed by atoms with Crippen LogP contribution in [0.5, 0.6) is 23.0 Å². The summed E-state index contributed by atoms with van der Waals surface area (Å²) in [6.45, 7) is 4.59. The summed E-state index contributed by atoms with van der Waals surface area (Å²) in [4.78, 5) is 0. The van der Waals surface area contributed by atoms with Gasteiger partial charge in [0.05, 0.1) is 0 Å². The fourth-order valence-corrected chi connectivity index (χ4v) is 3.04. The molecule has 2 heteroatoms. The van der Waals surface area contributed by atoms with E-state index in [1.807, 2.05) is 24.3 Å². The minimum Gasteiger partial charge on any atom is -0.450 e. The molecule has 0 N–H and O–H groups in total. The molecule has 0 saturated heterocycles. The van der Waals surface area contributed by atoms with Crippen molar-refractivity contribution >= 4 is 0 Å². The van der Waals surface area contributed by atoms with Crippen LogP contribution in [0.25, 0.3) is 0 Å². The Balaban J connectivity index is 1.85. The van der Waals surface area contributed by atoms with Crippen molar-refractivity contribution in [2.45, 2.75) is 32.1 Å². The van der Waals surface area contributed by atoms with Crippen LogP contribution in [0.3, 0.4) is 0 Å². The van der Waals surface area contributed by atoms with Crippen LogP contribution in [0.15, 0.2) is 36.4 Å². The molecule has 19 heavy (non-hydrogen) atoms. The number of benzene rings is 2. The molecule has 0 radical (unpaired) electrons. The molecule has 0 unspecified atom stereocenters. The second kappa shape index (κ2) is 3.53. The lowest BCUT2D eigenvalue weighted by Crippen LogP contribution is -2.12. The van der Waals surface area contributed by atoms with E-state index >= 15 is 0 Å². The van der Waals surface area contributed by atoms with Crippen molar-refractivity contribution in [3.05, 3.63) is 47.5 Å². The molecule has 96 valence electrons. The van der Waals surface area contributed by atoms with Crippen molar-refractivity contribution in [2.24, 2.45) is 0 Å². The maximum absolute atomic E-state index is 5.97. The fraction of sp³-hybridized carbons (Fsp3) is 0.294. The Kier molecular flexibility index (Phi) is 2.03. The lowest BCUT2D eigenvalue weighted by Gasteiger charge is -2.24. The Morgan fingerprint density at radius 1 is 0.895 bits per heavy atom. The zero-order chi connectivity index (χ0) is 13.0. The molecule has 1 aliphatic carbocycles. The molecule has 2 nitrogen and oxygen atoms in total. The van der Waals surface area contributed by atoms with Crippen LogP contribution in [-0.4, -0.2) is 0 Å². The van der Waals surface area contributed by atoms with Crippen molar-refractivity contribution in [1.82, 2.24) is 0 Å². The Morgan fingerprint density at radius 2 is 1.53 bits per heavy atom. The smallest absolute Gasteiger partial charge is 0.170 e. The third-order valence-corrected chi connectivity index (χ3v) is 4.21. The van der Waals surface area contributed by atoms with E-state index < -0.39 is 0 Å². The van der Waals surface area contributed by atoms with Crippen LogP contribution in [0.4, 0.5) is 0 Å². The number of aryl methyl sites for hydroxylation is 1. The van der Waals surface area contributed by atoms with Gasteiger partial charge in [-0.2, -0.15) is 0 Å². The van der Waals surface area contributed by atoms with Gasteiger partial charge < -0.3 is 9.47 Å². The molecule has 0 amide bonds. The minimum absolute atomic E-state index is 0.241. The van der Waals surface area contributed by atoms with Gasteiger partial charge in [0, 0.05) is 0 Å². The van der Waals surface area contributed by atoms with Crippen molar-refractivity contribution in [3.63, 3.8) is 0 Å². The monoisotopic (exact) mass is 252 g/mol. The van der Waals surface area contributed by atoms with Gasteiger partial charge in [0.25, 0.3) is 0 Å². The zero-order valence-electron chi connectivity index (χ0n) is 11.2. The highest BCUT2D eigenvalue weighted by Crippen LogP contribution is 2.49. The first kappa shape index (κ1) is 10.9. The highest BCUT2D eigenvalue weighted by atomic mass is 16.6. The largest absolute Gasteiger partial charge is 0.450 e. The molecule has 0 fully saturated rings. The predicted octanol–water partition coefficient (Wildman–Crippen LogP) is 4.81. The summed E-state index contributed by atoms with van der Waals surface area (Å²) < 4.78 is 11.9. The van der Waals surface area contributed by atoms with Gasteiger partial charge in [-0.05, 0) is 53.6 Å². The second-order valence-corrected chi connectivity index (χ2v) is 5.99. The Morgan fingerprint density at radius 3 is 2.21 bits per heavy atom. The van der Waals surface area contributed by atoms with Crippen LogP contribution in [0.1, 0.15) is 31.4 Å². The summed E-state index contributed by atoms with van der Waals surface area (Å²) in [5.74, 6) is 3.28. The van der Waals surface area contributed by atoms with Crippen LogP contribution < -0.4 is 9.47 Å². The average molecular weight is 252 g/mol. The van der Waals surface area contributed by atoms with E-state index in [1.165, 1.54) is 17.5 Å². The molecule has 2 aromatic rings. The molecular formula is C17H16O2. The number of rotatable bonds is 0. The van der Waals surface area contributed by atoms with Crippen LogP contribution >= 0.6 is 0 Å². The number of ether oxygens (including phenoxy) is 2. The second-order valence-electron chi connectivity index (χ2n) is 5.99. The molecule has 0 atom stereocenters. The first-order chi connectivity index (χ1) is 9.13. The number of para-hydroxylation sites is 2. The molecule has 4 rings (SSSR count). The summed E-state index contributed by atoms with van der Waals surface area (Å²) >= 11 is 0. The lowest BCUT2D eigenvalue weighted by atomic mass is 9.86. The maximum Gasteiger partial charge on any atom is 0.170 e. The third-order valence-electron chi connectivity index (χ3n) is 4.21. The first-order valence-corrected chi connectivity index (χ1v) is 6.76. The topological polar surface area (TPSA) is 18.5 Å². The van der Waals surface area contributed by atoms with Gasteiger partial charge in [0.2, 0.25) is 0 Å². The summed E-state index contributed by atoms with van der Waals surface area (Å²) in [6, 6.07) is 12.1. The van der Waals surface area contributed by atoms with Crippen molar-refractivity contribution < 1.29 is 9.47 Å². The van der Waals surface area contributed by atoms with Crippen LogP contribution in [-0.2, 0) is 11.8 Å². The van der Waals surface area contributed by atoms with Gasteiger partial charge in [-0.25, -0.2) is 0 Å². The van der Waals surface area contributed by atoms with E-state index in [9.17, 15) is 0 Å². The molecule has 0 saturated carbocycles. The van der Waals surface area contributed by atoms with Gasteiger partial charge in [-0.1, -0.05) is 26.0 Å². The van der Waals surface area contributed by atoms with Crippen molar-refractivity contribution in [2.75, 3.05) is 0 Å². The maximum atomic E-state index is 5.97. The van der Waals surface area contributed by atoms with E-state index in [-0.39, 0.29) is 5.41 Å². The number of fused-ring (bicyclic) bond motifs is 3. The van der Waals surface area contributed by atoms with E-state index in [1.54, 1.807) is 0 Å². The molecule has 1 heterocycles. The van der Waals surface area contributed by atoms with Gasteiger partial charge >= 0.3 is 0 Å². The molecule has 2 aliphatic rings. The molecule has 0 bridgehead atoms. The summed E-state index contributed by atoms with van der Waals surface area (Å²) in [5, 5.41) is 0. The summed E-state index contributed by atoms with van der Waals surface area (Å²) in [7, 11) is 0. The van der Waals surface area contributed by atoms with Gasteiger partial charge in [0.1, 0.15) is 0 Å². The zero-order valence-corrected chi connectivity index (χ0v) is 11.2. The molecule has 2 aromatic carbocycles. The summed E-state index contributed by atoms with van der Waals surface area (Å²) in [6.07, 6.45) is 2.32. The molecular weight excluding hydrogens is 236 g/mol. The van der Waals surface area contributed by atoms with Gasteiger partial charge in [0.15, 0.2) is 23.0 Å². The van der Waals surface area contributed by atoms with Crippen LogP contribution in [0.2, 0.25) is 0 Å². The third kappa shape index (κ3) is 1.56. The predicted molar refractivity (Wildman–Crippen MR) is 74.4 cm³/mol. The lowest BCUT2D eigenvalue weighted by molar-refractivity contribution is 0.358. The molecule has 0 aromatic heterocycles. The first-order valence-electron chi connectivity index (χ1n) is 6.76. The Labute approximate surface area is 113 Å². The van der Waals surface area contributed by atoms with Crippen LogP contribution in [0, 0.1) is 0 Å². The van der Waals surface area contributed by atoms with E-state index in [0.717, 1.165) is 29.4 Å². The van der Waals surface area contributed by atoms with Crippen molar-refractivity contribution in [1.29, 1.82) is 0 Å². The highest BCUT2D eigenvalue weighted by Gasteiger charge is 2.32. The SMILES string of the molecule is CC1(C)CCc2cc3c(cc21)Oc1ccccc1O3. The van der Waals surface area contributed by atoms with E-state index in [2.05, 4.69) is 26.0 Å². The molecule has 0 spiro atoms. The van der Waals surface area contributed by atoms with Gasteiger partial charge in [-0.3, -0.25) is 0 Å².